The van der Waals surface area contributed by atoms with E-state index in [9.17, 15) is 9.59 Å². The highest BCUT2D eigenvalue weighted by Gasteiger charge is 2.22. The van der Waals surface area contributed by atoms with Gasteiger partial charge >= 0.3 is 6.03 Å². The minimum Gasteiger partial charge on any atom is -0.351 e. The third kappa shape index (κ3) is 4.59. The normalized spacial score (nSPS) is 17.1. The van der Waals surface area contributed by atoms with E-state index in [-0.39, 0.29) is 11.9 Å². The van der Waals surface area contributed by atoms with E-state index in [2.05, 4.69) is 31.9 Å². The van der Waals surface area contributed by atoms with Gasteiger partial charge in [-0.1, -0.05) is 28.1 Å². The topological polar surface area (TPSA) is 96.2 Å². The van der Waals surface area contributed by atoms with Crippen molar-refractivity contribution < 1.29 is 9.59 Å². The van der Waals surface area contributed by atoms with Gasteiger partial charge < -0.3 is 21.7 Å². The third-order valence-corrected chi connectivity index (χ3v) is 5.61. The first-order valence-corrected chi connectivity index (χ1v) is 9.61. The van der Waals surface area contributed by atoms with E-state index >= 15 is 0 Å². The Kier molecular flexibility index (Phi) is 5.72. The molecule has 1 aromatic heterocycles. The molecular weight excluding hydrogens is 404 g/mol. The van der Waals surface area contributed by atoms with Crippen LogP contribution in [0.25, 0.3) is 10.4 Å². The highest BCUT2D eigenvalue weighted by atomic mass is 79.9. The maximum Gasteiger partial charge on any atom is 0.316 e. The van der Waals surface area contributed by atoms with Crippen molar-refractivity contribution in [2.75, 3.05) is 18.4 Å². The Labute approximate surface area is 158 Å². The Morgan fingerprint density at radius 3 is 2.84 bits per heavy atom. The van der Waals surface area contributed by atoms with E-state index in [1.54, 1.807) is 6.07 Å². The van der Waals surface area contributed by atoms with Gasteiger partial charge in [0.2, 0.25) is 0 Å². The molecule has 25 heavy (non-hydrogen) atoms. The van der Waals surface area contributed by atoms with E-state index in [1.807, 2.05) is 24.3 Å². The lowest BCUT2D eigenvalue weighted by Gasteiger charge is -2.23. The summed E-state index contributed by atoms with van der Waals surface area (Å²) in [6.45, 7) is 1.74. The zero-order valence-electron chi connectivity index (χ0n) is 13.5. The molecule has 0 radical (unpaired) electrons. The second-order valence-corrected chi connectivity index (χ2v) is 7.84. The van der Waals surface area contributed by atoms with Crippen LogP contribution in [0.4, 0.5) is 10.5 Å². The number of amides is 3. The fourth-order valence-corrected chi connectivity index (χ4v) is 4.21. The molecular formula is C17H19BrN4O2S. The summed E-state index contributed by atoms with van der Waals surface area (Å²) in [4.78, 5) is 25.3. The van der Waals surface area contributed by atoms with Crippen LogP contribution in [0, 0.1) is 0 Å². The first kappa shape index (κ1) is 17.9. The van der Waals surface area contributed by atoms with Gasteiger partial charge in [-0.25, -0.2) is 4.79 Å². The number of hydrogen-bond acceptors (Lipinski definition) is 4. The Hall–Kier alpha value is -1.90. The number of benzene rings is 1. The van der Waals surface area contributed by atoms with Crippen LogP contribution in [-0.4, -0.2) is 31.1 Å². The zero-order chi connectivity index (χ0) is 17.8. The van der Waals surface area contributed by atoms with Crippen LogP contribution in [-0.2, 0) is 0 Å². The molecule has 1 aliphatic heterocycles. The standard InChI is InChI=1S/C17H19BrN4O2S/c18-11-4-1-3-10(7-11)14-8-13(22-17(19)24)15(25-14)16(23)21-12-5-2-6-20-9-12/h1,3-4,7-8,12,20H,2,5-6,9H2,(H,21,23)(H3,19,22,24)/t12-/m0/s1. The van der Waals surface area contributed by atoms with Crippen molar-refractivity contribution in [3.8, 4) is 10.4 Å². The van der Waals surface area contributed by atoms with Gasteiger partial charge in [0.1, 0.15) is 4.88 Å². The number of carbonyl (C=O) groups excluding carboxylic acids is 2. The lowest BCUT2D eigenvalue weighted by Crippen LogP contribution is -2.45. The van der Waals surface area contributed by atoms with Gasteiger partial charge in [0, 0.05) is 21.9 Å². The molecule has 0 spiro atoms. The van der Waals surface area contributed by atoms with Crippen LogP contribution in [0.15, 0.2) is 34.8 Å². The average molecular weight is 423 g/mol. The highest BCUT2D eigenvalue weighted by molar-refractivity contribution is 9.10. The van der Waals surface area contributed by atoms with E-state index in [1.165, 1.54) is 11.3 Å². The van der Waals surface area contributed by atoms with E-state index in [0.29, 0.717) is 10.6 Å². The molecule has 2 aromatic rings. The van der Waals surface area contributed by atoms with Gasteiger partial charge in [-0.05, 0) is 43.1 Å². The summed E-state index contributed by atoms with van der Waals surface area (Å²) in [7, 11) is 0. The number of nitrogens with two attached hydrogens (primary N) is 1. The molecule has 2 heterocycles. The molecule has 0 bridgehead atoms. The van der Waals surface area contributed by atoms with Crippen molar-refractivity contribution in [1.29, 1.82) is 0 Å². The van der Waals surface area contributed by atoms with Crippen molar-refractivity contribution in [3.63, 3.8) is 0 Å². The van der Waals surface area contributed by atoms with Crippen molar-refractivity contribution in [2.45, 2.75) is 18.9 Å². The molecule has 3 rings (SSSR count). The summed E-state index contributed by atoms with van der Waals surface area (Å²) in [5.74, 6) is -0.191. The summed E-state index contributed by atoms with van der Waals surface area (Å²) in [6, 6.07) is 8.97. The smallest absolute Gasteiger partial charge is 0.316 e. The van der Waals surface area contributed by atoms with Crippen LogP contribution in [0.3, 0.4) is 0 Å². The molecule has 5 N–H and O–H groups in total. The second-order valence-electron chi connectivity index (χ2n) is 5.87. The first-order valence-electron chi connectivity index (χ1n) is 8.01. The number of anilines is 1. The van der Waals surface area contributed by atoms with Gasteiger partial charge in [-0.2, -0.15) is 0 Å². The largest absolute Gasteiger partial charge is 0.351 e. The molecule has 1 saturated heterocycles. The summed E-state index contributed by atoms with van der Waals surface area (Å²) >= 11 is 4.78. The first-order chi connectivity index (χ1) is 12.0. The zero-order valence-corrected chi connectivity index (χ0v) is 15.9. The van der Waals surface area contributed by atoms with Crippen LogP contribution in [0.1, 0.15) is 22.5 Å². The number of hydrogen-bond donors (Lipinski definition) is 4. The van der Waals surface area contributed by atoms with Crippen molar-refractivity contribution in [1.82, 2.24) is 10.6 Å². The van der Waals surface area contributed by atoms with Crippen LogP contribution >= 0.6 is 27.3 Å². The van der Waals surface area contributed by atoms with E-state index in [4.69, 9.17) is 5.73 Å². The molecule has 1 fully saturated rings. The summed E-state index contributed by atoms with van der Waals surface area (Å²) in [6.07, 6.45) is 1.98. The Bertz CT molecular complexity index is 787. The molecule has 3 amide bonds. The lowest BCUT2D eigenvalue weighted by atomic mass is 10.1. The van der Waals surface area contributed by atoms with Gasteiger partial charge in [0.05, 0.1) is 5.69 Å². The summed E-state index contributed by atoms with van der Waals surface area (Å²) in [5, 5.41) is 8.86. The van der Waals surface area contributed by atoms with Crippen LogP contribution in [0.2, 0.25) is 0 Å². The number of urea groups is 1. The predicted molar refractivity (Wildman–Crippen MR) is 104 cm³/mol. The maximum absolute atomic E-state index is 12.7. The molecule has 0 unspecified atom stereocenters. The van der Waals surface area contributed by atoms with E-state index in [0.717, 1.165) is 40.8 Å². The number of rotatable bonds is 4. The number of piperidine rings is 1. The fourth-order valence-electron chi connectivity index (χ4n) is 2.80. The Morgan fingerprint density at radius 2 is 2.16 bits per heavy atom. The predicted octanol–water partition coefficient (Wildman–Crippen LogP) is 3.15. The van der Waals surface area contributed by atoms with Gasteiger partial charge in [0.15, 0.2) is 0 Å². The maximum atomic E-state index is 12.7. The van der Waals surface area contributed by atoms with Gasteiger partial charge in [0.25, 0.3) is 5.91 Å². The molecule has 1 atom stereocenters. The minimum absolute atomic E-state index is 0.0964. The van der Waals surface area contributed by atoms with Gasteiger partial charge in [-0.3, -0.25) is 4.79 Å². The highest BCUT2D eigenvalue weighted by Crippen LogP contribution is 2.35. The van der Waals surface area contributed by atoms with Crippen molar-refractivity contribution >= 4 is 44.9 Å². The molecule has 6 nitrogen and oxygen atoms in total. The van der Waals surface area contributed by atoms with Crippen LogP contribution < -0.4 is 21.7 Å². The van der Waals surface area contributed by atoms with Crippen molar-refractivity contribution in [2.24, 2.45) is 5.73 Å². The molecule has 8 heteroatoms. The third-order valence-electron chi connectivity index (χ3n) is 3.94. The number of nitrogens with one attached hydrogen (secondary N) is 3. The SMILES string of the molecule is NC(=O)Nc1cc(-c2cccc(Br)c2)sc1C(=O)N[C@H]1CCCNC1. The second kappa shape index (κ2) is 7.99. The minimum atomic E-state index is -0.688. The number of thiophene rings is 1. The number of primary amides is 1. The molecule has 0 saturated carbocycles. The lowest BCUT2D eigenvalue weighted by molar-refractivity contribution is 0.0935. The average Bonchev–Trinajstić information content (AvgIpc) is 2.99. The molecule has 132 valence electrons. The van der Waals surface area contributed by atoms with Gasteiger partial charge in [-0.15, -0.1) is 11.3 Å². The quantitative estimate of drug-likeness (QED) is 0.609. The van der Waals surface area contributed by atoms with Crippen molar-refractivity contribution in [3.05, 3.63) is 39.7 Å². The number of carbonyl (C=O) groups is 2. The Balaban J connectivity index is 1.87. The summed E-state index contributed by atoms with van der Waals surface area (Å²) < 4.78 is 0.946. The molecule has 1 aromatic carbocycles. The molecule has 0 aliphatic carbocycles. The Morgan fingerprint density at radius 1 is 1.32 bits per heavy atom. The van der Waals surface area contributed by atoms with E-state index < -0.39 is 6.03 Å². The van der Waals surface area contributed by atoms with Crippen LogP contribution in [0.5, 0.6) is 0 Å². The molecule has 1 aliphatic rings. The summed E-state index contributed by atoms with van der Waals surface area (Å²) in [5.41, 5.74) is 6.66. The fraction of sp³-hybridized carbons (Fsp3) is 0.294. The number of halogens is 1. The monoisotopic (exact) mass is 422 g/mol.